The molecule has 3 rings (SSSR count). The molecule has 1 heterocycles. The number of fused-ring (bicyclic) bond motifs is 1. The summed E-state index contributed by atoms with van der Waals surface area (Å²) in [4.78, 5) is 7.38. The number of aliphatic imine (C=N–C) groups is 1. The smallest absolute Gasteiger partial charge is 0.198 e. The number of rotatable bonds is 4. The van der Waals surface area contributed by atoms with E-state index >= 15 is 0 Å². The van der Waals surface area contributed by atoms with Crippen LogP contribution in [0.15, 0.2) is 35.3 Å². The SMILES string of the molecule is COc1cc(N=Cc2c(O)[nH]c3ccc(C)cc23)c(OC)cc1Cl. The van der Waals surface area contributed by atoms with E-state index in [1.54, 1.807) is 25.5 Å². The summed E-state index contributed by atoms with van der Waals surface area (Å²) >= 11 is 6.10. The first kappa shape index (κ1) is 16.2. The van der Waals surface area contributed by atoms with E-state index in [9.17, 15) is 5.11 Å². The maximum Gasteiger partial charge on any atom is 0.198 e. The Morgan fingerprint density at radius 1 is 1.12 bits per heavy atom. The third-order valence-corrected chi connectivity index (χ3v) is 4.05. The normalized spacial score (nSPS) is 11.3. The lowest BCUT2D eigenvalue weighted by Gasteiger charge is -2.08. The van der Waals surface area contributed by atoms with Crippen LogP contribution in [0.2, 0.25) is 5.02 Å². The van der Waals surface area contributed by atoms with E-state index in [1.807, 2.05) is 25.1 Å². The molecule has 6 heteroatoms. The van der Waals surface area contributed by atoms with Gasteiger partial charge in [-0.25, -0.2) is 0 Å². The van der Waals surface area contributed by atoms with Crippen LogP contribution in [0.1, 0.15) is 11.1 Å². The minimum atomic E-state index is 0.0687. The molecule has 3 aromatic rings. The zero-order valence-corrected chi connectivity index (χ0v) is 14.3. The number of ether oxygens (including phenoxy) is 2. The van der Waals surface area contributed by atoms with E-state index in [1.165, 1.54) is 7.11 Å². The molecule has 5 nitrogen and oxygen atoms in total. The zero-order valence-electron chi connectivity index (χ0n) is 13.6. The van der Waals surface area contributed by atoms with Gasteiger partial charge in [-0.1, -0.05) is 23.2 Å². The van der Waals surface area contributed by atoms with Crippen LogP contribution in [0.3, 0.4) is 0 Å². The summed E-state index contributed by atoms with van der Waals surface area (Å²) in [5.74, 6) is 1.09. The Bertz CT molecular complexity index is 932. The Labute approximate surface area is 144 Å². The predicted octanol–water partition coefficient (Wildman–Crippen LogP) is 4.60. The molecule has 0 aliphatic carbocycles. The molecule has 2 aromatic carbocycles. The van der Waals surface area contributed by atoms with Gasteiger partial charge in [-0.3, -0.25) is 4.99 Å². The van der Waals surface area contributed by atoms with Gasteiger partial charge in [0, 0.05) is 29.3 Å². The second kappa shape index (κ2) is 6.45. The Morgan fingerprint density at radius 2 is 1.88 bits per heavy atom. The molecule has 0 atom stereocenters. The lowest BCUT2D eigenvalue weighted by Crippen LogP contribution is -1.89. The number of nitrogens with zero attached hydrogens (tertiary/aromatic N) is 1. The van der Waals surface area contributed by atoms with Crippen LogP contribution in [0, 0.1) is 6.92 Å². The molecule has 1 aromatic heterocycles. The molecule has 0 amide bonds. The van der Waals surface area contributed by atoms with Crippen molar-refractivity contribution in [3.63, 3.8) is 0 Å². The number of hydrogen-bond donors (Lipinski definition) is 2. The Kier molecular flexibility index (Phi) is 4.36. The van der Waals surface area contributed by atoms with Crippen LogP contribution >= 0.6 is 11.6 Å². The number of aromatic hydroxyl groups is 1. The fraction of sp³-hybridized carbons (Fsp3) is 0.167. The number of aryl methyl sites for hydroxylation is 1. The van der Waals surface area contributed by atoms with Crippen LogP contribution in [-0.4, -0.2) is 30.5 Å². The first-order chi connectivity index (χ1) is 11.5. The minimum absolute atomic E-state index is 0.0687. The van der Waals surface area contributed by atoms with Gasteiger partial charge in [0.1, 0.15) is 17.2 Å². The monoisotopic (exact) mass is 344 g/mol. The first-order valence-electron chi connectivity index (χ1n) is 7.30. The van der Waals surface area contributed by atoms with E-state index < -0.39 is 0 Å². The van der Waals surface area contributed by atoms with Crippen LogP contribution < -0.4 is 9.47 Å². The molecule has 0 aliphatic heterocycles. The van der Waals surface area contributed by atoms with Crippen LogP contribution in [0.25, 0.3) is 10.9 Å². The summed E-state index contributed by atoms with van der Waals surface area (Å²) in [6.45, 7) is 2.00. The van der Waals surface area contributed by atoms with Crippen molar-refractivity contribution in [3.05, 3.63) is 46.5 Å². The average molecular weight is 345 g/mol. The Balaban J connectivity index is 2.08. The highest BCUT2D eigenvalue weighted by molar-refractivity contribution is 6.32. The largest absolute Gasteiger partial charge is 0.495 e. The van der Waals surface area contributed by atoms with Gasteiger partial charge >= 0.3 is 0 Å². The highest BCUT2D eigenvalue weighted by atomic mass is 35.5. The van der Waals surface area contributed by atoms with Crippen molar-refractivity contribution >= 4 is 34.4 Å². The molecule has 2 N–H and O–H groups in total. The molecule has 0 fully saturated rings. The van der Waals surface area contributed by atoms with Crippen molar-refractivity contribution in [2.24, 2.45) is 4.99 Å². The van der Waals surface area contributed by atoms with Gasteiger partial charge in [-0.2, -0.15) is 0 Å². The fourth-order valence-electron chi connectivity index (χ4n) is 2.52. The lowest BCUT2D eigenvalue weighted by molar-refractivity contribution is 0.404. The molecule has 0 saturated heterocycles. The molecule has 0 bridgehead atoms. The van der Waals surface area contributed by atoms with Crippen molar-refractivity contribution in [2.75, 3.05) is 14.2 Å². The quantitative estimate of drug-likeness (QED) is 0.679. The van der Waals surface area contributed by atoms with Gasteiger partial charge in [-0.15, -0.1) is 0 Å². The number of hydrogen-bond acceptors (Lipinski definition) is 4. The number of methoxy groups -OCH3 is 2. The van der Waals surface area contributed by atoms with Gasteiger partial charge in [0.05, 0.1) is 24.8 Å². The zero-order chi connectivity index (χ0) is 17.3. The van der Waals surface area contributed by atoms with Crippen molar-refractivity contribution in [1.82, 2.24) is 4.98 Å². The van der Waals surface area contributed by atoms with Gasteiger partial charge in [-0.05, 0) is 19.1 Å². The maximum atomic E-state index is 10.2. The Hall–Kier alpha value is -2.66. The number of benzene rings is 2. The van der Waals surface area contributed by atoms with Gasteiger partial charge in [0.25, 0.3) is 0 Å². The molecule has 0 unspecified atom stereocenters. The summed E-state index contributed by atoms with van der Waals surface area (Å²) in [7, 11) is 3.08. The number of aromatic amines is 1. The summed E-state index contributed by atoms with van der Waals surface area (Å²) in [5, 5.41) is 11.5. The molecule has 0 spiro atoms. The number of halogens is 1. The van der Waals surface area contributed by atoms with E-state index in [4.69, 9.17) is 21.1 Å². The van der Waals surface area contributed by atoms with Crippen LogP contribution in [0.4, 0.5) is 5.69 Å². The van der Waals surface area contributed by atoms with Crippen LogP contribution in [0.5, 0.6) is 17.4 Å². The Morgan fingerprint density at radius 3 is 2.58 bits per heavy atom. The third kappa shape index (κ3) is 2.90. The van der Waals surface area contributed by atoms with Crippen molar-refractivity contribution in [2.45, 2.75) is 6.92 Å². The van der Waals surface area contributed by atoms with Gasteiger partial charge < -0.3 is 19.6 Å². The molecule has 0 radical (unpaired) electrons. The standard InChI is InChI=1S/C18H17ClN2O3/c1-10-4-5-14-11(6-10)12(18(22)21-14)9-20-15-8-16(23-2)13(19)7-17(15)24-3/h4-9,21-22H,1-3H3. The van der Waals surface area contributed by atoms with E-state index in [2.05, 4.69) is 9.98 Å². The lowest BCUT2D eigenvalue weighted by atomic mass is 10.1. The maximum absolute atomic E-state index is 10.2. The minimum Gasteiger partial charge on any atom is -0.495 e. The van der Waals surface area contributed by atoms with E-state index in [0.717, 1.165) is 16.5 Å². The first-order valence-corrected chi connectivity index (χ1v) is 7.68. The second-order valence-electron chi connectivity index (χ2n) is 5.35. The summed E-state index contributed by atoms with van der Waals surface area (Å²) in [6, 6.07) is 9.23. The summed E-state index contributed by atoms with van der Waals surface area (Å²) < 4.78 is 10.5. The topological polar surface area (TPSA) is 66.8 Å². The van der Waals surface area contributed by atoms with Crippen molar-refractivity contribution < 1.29 is 14.6 Å². The highest BCUT2D eigenvalue weighted by Crippen LogP contribution is 2.38. The average Bonchev–Trinajstić information content (AvgIpc) is 2.88. The van der Waals surface area contributed by atoms with E-state index in [-0.39, 0.29) is 5.88 Å². The molecule has 0 aliphatic rings. The van der Waals surface area contributed by atoms with E-state index in [0.29, 0.717) is 27.8 Å². The molecule has 124 valence electrons. The molecular weight excluding hydrogens is 328 g/mol. The van der Waals surface area contributed by atoms with Gasteiger partial charge in [0.2, 0.25) is 0 Å². The fourth-order valence-corrected chi connectivity index (χ4v) is 2.75. The summed E-state index contributed by atoms with van der Waals surface area (Å²) in [6.07, 6.45) is 1.60. The number of nitrogens with one attached hydrogen (secondary N) is 1. The van der Waals surface area contributed by atoms with Crippen molar-refractivity contribution in [3.8, 4) is 17.4 Å². The van der Waals surface area contributed by atoms with Gasteiger partial charge in [0.15, 0.2) is 5.88 Å². The highest BCUT2D eigenvalue weighted by Gasteiger charge is 2.11. The summed E-state index contributed by atoms with van der Waals surface area (Å²) in [5.41, 5.74) is 3.12. The molecular formula is C18H17ClN2O3. The van der Waals surface area contributed by atoms with Crippen molar-refractivity contribution in [1.29, 1.82) is 0 Å². The molecule has 24 heavy (non-hydrogen) atoms. The predicted molar refractivity (Wildman–Crippen MR) is 96.5 cm³/mol. The number of H-pyrrole nitrogens is 1. The third-order valence-electron chi connectivity index (χ3n) is 3.76. The second-order valence-corrected chi connectivity index (χ2v) is 5.76. The van der Waals surface area contributed by atoms with Crippen LogP contribution in [-0.2, 0) is 0 Å². The number of aromatic nitrogens is 1. The molecule has 0 saturated carbocycles.